The second kappa shape index (κ2) is 6.12. The summed E-state index contributed by atoms with van der Waals surface area (Å²) < 4.78 is 0. The maximum Gasteiger partial charge on any atom is 0.488 e. The van der Waals surface area contributed by atoms with Gasteiger partial charge in [0.1, 0.15) is 0 Å². The van der Waals surface area contributed by atoms with E-state index in [1.54, 1.807) is 0 Å². The molecule has 0 spiro atoms. The number of hydrogen-bond donors (Lipinski definition) is 2. The van der Waals surface area contributed by atoms with Crippen LogP contribution in [0, 0.1) is 10.1 Å². The lowest BCUT2D eigenvalue weighted by molar-refractivity contribution is -0.384. The van der Waals surface area contributed by atoms with E-state index in [0.717, 1.165) is 6.07 Å². The minimum Gasteiger partial charge on any atom is -0.423 e. The quantitative estimate of drug-likeness (QED) is 0.405. The molecule has 5 nitrogen and oxygen atoms in total. The van der Waals surface area contributed by atoms with Crippen LogP contribution in [-0.2, 0) is 0 Å². The van der Waals surface area contributed by atoms with E-state index in [9.17, 15) is 10.1 Å². The summed E-state index contributed by atoms with van der Waals surface area (Å²) in [7, 11) is -1.66. The number of benzene rings is 1. The van der Waals surface area contributed by atoms with Gasteiger partial charge in [-0.15, -0.1) is 0 Å². The van der Waals surface area contributed by atoms with E-state index in [2.05, 4.69) is 0 Å². The number of rotatable bonds is 2. The van der Waals surface area contributed by atoms with Crippen molar-refractivity contribution in [3.8, 4) is 0 Å². The average Bonchev–Trinajstić information content (AvgIpc) is 2.21. The largest absolute Gasteiger partial charge is 0.488 e. The molecular weight excluding hydrogens is 185 g/mol. The van der Waals surface area contributed by atoms with E-state index in [4.69, 9.17) is 10.0 Å². The maximum atomic E-state index is 10.2. The highest BCUT2D eigenvalue weighted by molar-refractivity contribution is 6.58. The van der Waals surface area contributed by atoms with E-state index in [1.165, 1.54) is 18.2 Å². The Labute approximate surface area is 82.3 Å². The molecule has 0 unspecified atom stereocenters. The predicted molar refractivity (Wildman–Crippen MR) is 54.3 cm³/mol. The molecule has 2 N–H and O–H groups in total. The van der Waals surface area contributed by atoms with Gasteiger partial charge in [0.25, 0.3) is 5.69 Å². The number of nitrogens with zero attached hydrogens (tertiary/aromatic N) is 1. The third-order valence-corrected chi connectivity index (χ3v) is 1.38. The molecular formula is C8H12BNO4. The van der Waals surface area contributed by atoms with Gasteiger partial charge in [-0.1, -0.05) is 26.0 Å². The van der Waals surface area contributed by atoms with Gasteiger partial charge in [-0.05, 0) is 5.46 Å². The fraction of sp³-hybridized carbons (Fsp3) is 0.250. The van der Waals surface area contributed by atoms with E-state index in [-0.39, 0.29) is 11.2 Å². The zero-order valence-corrected chi connectivity index (χ0v) is 8.04. The van der Waals surface area contributed by atoms with Crippen LogP contribution in [0.2, 0.25) is 0 Å². The first kappa shape index (κ1) is 12.6. The molecule has 0 aliphatic rings. The summed E-state index contributed by atoms with van der Waals surface area (Å²) in [5, 5.41) is 27.5. The van der Waals surface area contributed by atoms with Gasteiger partial charge in [0.15, 0.2) is 0 Å². The first-order chi connectivity index (χ1) is 6.61. The van der Waals surface area contributed by atoms with Crippen molar-refractivity contribution in [2.24, 2.45) is 0 Å². The van der Waals surface area contributed by atoms with E-state index in [1.807, 2.05) is 13.8 Å². The molecule has 0 saturated carbocycles. The van der Waals surface area contributed by atoms with Crippen LogP contribution in [0.1, 0.15) is 13.8 Å². The van der Waals surface area contributed by atoms with Crippen molar-refractivity contribution < 1.29 is 15.0 Å². The Morgan fingerprint density at radius 1 is 1.36 bits per heavy atom. The molecule has 76 valence electrons. The molecule has 0 fully saturated rings. The van der Waals surface area contributed by atoms with Crippen LogP contribution < -0.4 is 5.46 Å². The summed E-state index contributed by atoms with van der Waals surface area (Å²) in [6.45, 7) is 4.00. The lowest BCUT2D eigenvalue weighted by Crippen LogP contribution is -2.29. The minimum atomic E-state index is -1.66. The number of nitro groups is 1. The van der Waals surface area contributed by atoms with Crippen LogP contribution >= 0.6 is 0 Å². The maximum absolute atomic E-state index is 10.2. The van der Waals surface area contributed by atoms with Crippen molar-refractivity contribution in [3.05, 3.63) is 34.4 Å². The van der Waals surface area contributed by atoms with Gasteiger partial charge in [0.05, 0.1) is 4.92 Å². The van der Waals surface area contributed by atoms with Crippen LogP contribution in [0.4, 0.5) is 5.69 Å². The molecule has 1 aromatic carbocycles. The molecule has 0 heterocycles. The summed E-state index contributed by atoms with van der Waals surface area (Å²) in [6, 6.07) is 5.20. The van der Waals surface area contributed by atoms with E-state index >= 15 is 0 Å². The van der Waals surface area contributed by atoms with Gasteiger partial charge in [-0.25, -0.2) is 0 Å². The van der Waals surface area contributed by atoms with Crippen LogP contribution in [-0.4, -0.2) is 22.1 Å². The molecule has 0 radical (unpaired) electrons. The normalized spacial score (nSPS) is 8.57. The zero-order valence-electron chi connectivity index (χ0n) is 8.04. The second-order valence-corrected chi connectivity index (χ2v) is 2.23. The third-order valence-electron chi connectivity index (χ3n) is 1.38. The standard InChI is InChI=1S/C6H6BNO4.C2H6/c9-7(10)5-2-1-3-6(4-5)8(11)12;1-2/h1-4,9-10H;1-2H3. The SMILES string of the molecule is CC.O=[N+]([O-])c1cccc(B(O)O)c1. The topological polar surface area (TPSA) is 83.6 Å². The van der Waals surface area contributed by atoms with Gasteiger partial charge in [-0.3, -0.25) is 10.1 Å². The van der Waals surface area contributed by atoms with Gasteiger partial charge in [-0.2, -0.15) is 0 Å². The second-order valence-electron chi connectivity index (χ2n) is 2.23. The molecule has 0 amide bonds. The monoisotopic (exact) mass is 197 g/mol. The fourth-order valence-electron chi connectivity index (χ4n) is 0.799. The fourth-order valence-corrected chi connectivity index (χ4v) is 0.799. The Kier molecular flexibility index (Phi) is 5.51. The summed E-state index contributed by atoms with van der Waals surface area (Å²) in [6.07, 6.45) is 0. The predicted octanol–water partition coefficient (Wildman–Crippen LogP) is 0.301. The van der Waals surface area contributed by atoms with Crippen molar-refractivity contribution in [2.45, 2.75) is 13.8 Å². The number of non-ortho nitro benzene ring substituents is 1. The molecule has 6 heteroatoms. The summed E-state index contributed by atoms with van der Waals surface area (Å²) in [4.78, 5) is 9.63. The number of nitro benzene ring substituents is 1. The highest BCUT2D eigenvalue weighted by Gasteiger charge is 2.14. The van der Waals surface area contributed by atoms with Crippen molar-refractivity contribution in [2.75, 3.05) is 0 Å². The van der Waals surface area contributed by atoms with Crippen molar-refractivity contribution in [1.29, 1.82) is 0 Å². The Bertz CT molecular complexity index is 303. The van der Waals surface area contributed by atoms with Gasteiger partial charge >= 0.3 is 7.12 Å². The molecule has 14 heavy (non-hydrogen) atoms. The van der Waals surface area contributed by atoms with Crippen LogP contribution in [0.3, 0.4) is 0 Å². The molecule has 0 aliphatic heterocycles. The summed E-state index contributed by atoms with van der Waals surface area (Å²) in [5.74, 6) is 0. The smallest absolute Gasteiger partial charge is 0.423 e. The lowest BCUT2D eigenvalue weighted by atomic mass is 9.80. The molecule has 1 rings (SSSR count). The van der Waals surface area contributed by atoms with Crippen LogP contribution in [0.25, 0.3) is 0 Å². The van der Waals surface area contributed by atoms with Gasteiger partial charge in [0, 0.05) is 12.1 Å². The molecule has 0 bridgehead atoms. The highest BCUT2D eigenvalue weighted by atomic mass is 16.6. The summed E-state index contributed by atoms with van der Waals surface area (Å²) >= 11 is 0. The van der Waals surface area contributed by atoms with Crippen LogP contribution in [0.5, 0.6) is 0 Å². The summed E-state index contributed by atoms with van der Waals surface area (Å²) in [5.41, 5.74) is -0.0372. The molecule has 0 saturated heterocycles. The van der Waals surface area contributed by atoms with Crippen molar-refractivity contribution in [3.63, 3.8) is 0 Å². The Hall–Kier alpha value is -1.40. The van der Waals surface area contributed by atoms with Gasteiger partial charge in [0.2, 0.25) is 0 Å². The van der Waals surface area contributed by atoms with Crippen molar-refractivity contribution in [1.82, 2.24) is 0 Å². The van der Waals surface area contributed by atoms with Crippen molar-refractivity contribution >= 4 is 18.3 Å². The average molecular weight is 197 g/mol. The third kappa shape index (κ3) is 3.55. The van der Waals surface area contributed by atoms with Crippen LogP contribution in [0.15, 0.2) is 24.3 Å². The molecule has 0 aliphatic carbocycles. The Balaban J connectivity index is 0.000000791. The first-order valence-electron chi connectivity index (χ1n) is 4.22. The molecule has 0 atom stereocenters. The highest BCUT2D eigenvalue weighted by Crippen LogP contribution is 2.06. The first-order valence-corrected chi connectivity index (χ1v) is 4.22. The minimum absolute atomic E-state index is 0.115. The number of hydrogen-bond acceptors (Lipinski definition) is 4. The van der Waals surface area contributed by atoms with Gasteiger partial charge < -0.3 is 10.0 Å². The van der Waals surface area contributed by atoms with E-state index in [0.29, 0.717) is 0 Å². The molecule has 0 aromatic heterocycles. The molecule has 1 aromatic rings. The van der Waals surface area contributed by atoms with E-state index < -0.39 is 12.0 Å². The lowest BCUT2D eigenvalue weighted by Gasteiger charge is -1.97. The Morgan fingerprint density at radius 3 is 2.36 bits per heavy atom. The zero-order chi connectivity index (χ0) is 11.1. The Morgan fingerprint density at radius 2 is 1.93 bits per heavy atom.